The third-order valence-electron chi connectivity index (χ3n) is 1.59. The standard InChI is InChI=1S/C10H8N2/c1-2-5-9-10(11-7-3-1)6-4-8-12-9/h1-8H/b2-1?,3-1+,5-2-,7-3?,9-5?,11-7+,11-10?. The van der Waals surface area contributed by atoms with Crippen molar-refractivity contribution in [1.29, 1.82) is 0 Å². The van der Waals surface area contributed by atoms with Gasteiger partial charge in [0.05, 0.1) is 11.4 Å². The highest BCUT2D eigenvalue weighted by atomic mass is 14.8. The first-order valence-electron chi connectivity index (χ1n) is 3.79. The predicted molar refractivity (Wildman–Crippen MR) is 50.6 cm³/mol. The van der Waals surface area contributed by atoms with E-state index in [1.807, 2.05) is 36.4 Å². The van der Waals surface area contributed by atoms with Gasteiger partial charge < -0.3 is 0 Å². The van der Waals surface area contributed by atoms with Crippen LogP contribution in [-0.2, 0) is 0 Å². The third-order valence-corrected chi connectivity index (χ3v) is 1.59. The normalized spacial score (nSPS) is 21.7. The van der Waals surface area contributed by atoms with Gasteiger partial charge in [-0.15, -0.1) is 0 Å². The van der Waals surface area contributed by atoms with Crippen molar-refractivity contribution in [2.45, 2.75) is 0 Å². The molecular formula is C10H8N2. The van der Waals surface area contributed by atoms with Crippen molar-refractivity contribution in [2.24, 2.45) is 4.99 Å². The summed E-state index contributed by atoms with van der Waals surface area (Å²) in [6, 6.07) is 3.83. The van der Waals surface area contributed by atoms with Gasteiger partial charge in [-0.3, -0.25) is 9.98 Å². The molecule has 0 fully saturated rings. The Kier molecular flexibility index (Phi) is 1.82. The number of fused-ring (bicyclic) bond motifs is 1. The van der Waals surface area contributed by atoms with E-state index in [0.29, 0.717) is 0 Å². The maximum absolute atomic E-state index is 4.22. The molecule has 0 saturated carbocycles. The Balaban J connectivity index is 2.54. The summed E-state index contributed by atoms with van der Waals surface area (Å²) in [5.41, 5.74) is 1.83. The SMILES string of the molecule is C1=C\c2ncccc2/N=C/C=C/1. The molecule has 0 saturated heterocycles. The number of hydrogen-bond donors (Lipinski definition) is 0. The molecule has 0 bridgehead atoms. The van der Waals surface area contributed by atoms with Crippen LogP contribution in [0.15, 0.2) is 41.6 Å². The molecule has 0 unspecified atom stereocenters. The van der Waals surface area contributed by atoms with Crippen molar-refractivity contribution >= 4 is 18.0 Å². The number of rotatable bonds is 0. The van der Waals surface area contributed by atoms with Crippen LogP contribution in [0.4, 0.5) is 5.69 Å². The molecule has 1 aliphatic rings. The van der Waals surface area contributed by atoms with Crippen LogP contribution in [0.2, 0.25) is 0 Å². The lowest BCUT2D eigenvalue weighted by Gasteiger charge is -1.98. The van der Waals surface area contributed by atoms with E-state index in [4.69, 9.17) is 0 Å². The topological polar surface area (TPSA) is 25.2 Å². The van der Waals surface area contributed by atoms with E-state index in [1.54, 1.807) is 12.4 Å². The lowest BCUT2D eigenvalue weighted by atomic mass is 10.2. The minimum Gasteiger partial charge on any atom is -0.255 e. The molecule has 0 radical (unpaired) electrons. The monoisotopic (exact) mass is 156 g/mol. The molecule has 0 N–H and O–H groups in total. The van der Waals surface area contributed by atoms with Gasteiger partial charge in [-0.2, -0.15) is 0 Å². The van der Waals surface area contributed by atoms with Gasteiger partial charge in [0.1, 0.15) is 0 Å². The summed E-state index contributed by atoms with van der Waals surface area (Å²) in [7, 11) is 0. The second-order valence-corrected chi connectivity index (χ2v) is 2.43. The molecule has 1 aliphatic heterocycles. The predicted octanol–water partition coefficient (Wildman–Crippen LogP) is 2.37. The maximum atomic E-state index is 4.22. The van der Waals surface area contributed by atoms with Crippen molar-refractivity contribution in [3.8, 4) is 0 Å². The largest absolute Gasteiger partial charge is 0.255 e. The van der Waals surface area contributed by atoms with E-state index in [9.17, 15) is 0 Å². The molecular weight excluding hydrogens is 148 g/mol. The highest BCUT2D eigenvalue weighted by Crippen LogP contribution is 2.17. The average Bonchev–Trinajstić information content (AvgIpc) is 2.06. The summed E-state index contributed by atoms with van der Waals surface area (Å²) in [6.45, 7) is 0. The Bertz CT molecular complexity index is 327. The Labute approximate surface area is 71.0 Å². The number of aliphatic imine (C=N–C) groups is 1. The summed E-state index contributed by atoms with van der Waals surface area (Å²) in [5.74, 6) is 0. The molecule has 0 atom stereocenters. The summed E-state index contributed by atoms with van der Waals surface area (Å²) < 4.78 is 0. The summed E-state index contributed by atoms with van der Waals surface area (Å²) >= 11 is 0. The second-order valence-electron chi connectivity index (χ2n) is 2.43. The van der Waals surface area contributed by atoms with Crippen molar-refractivity contribution in [2.75, 3.05) is 0 Å². The first kappa shape index (κ1) is 6.98. The lowest BCUT2D eigenvalue weighted by Crippen LogP contribution is -1.81. The number of allylic oxidation sites excluding steroid dienone is 3. The van der Waals surface area contributed by atoms with Crippen LogP contribution in [0.3, 0.4) is 0 Å². The van der Waals surface area contributed by atoms with Gasteiger partial charge in [-0.05, 0) is 24.3 Å². The molecule has 1 aromatic rings. The van der Waals surface area contributed by atoms with Crippen LogP contribution in [0.25, 0.3) is 6.08 Å². The molecule has 2 heteroatoms. The highest BCUT2D eigenvalue weighted by Gasteiger charge is 1.96. The fourth-order valence-corrected chi connectivity index (χ4v) is 1.03. The van der Waals surface area contributed by atoms with E-state index in [0.717, 1.165) is 11.4 Å². The Morgan fingerprint density at radius 1 is 1.08 bits per heavy atom. The van der Waals surface area contributed by atoms with Gasteiger partial charge in [0.25, 0.3) is 0 Å². The Morgan fingerprint density at radius 3 is 3.08 bits per heavy atom. The van der Waals surface area contributed by atoms with Gasteiger partial charge in [-0.1, -0.05) is 12.2 Å². The number of pyridine rings is 1. The van der Waals surface area contributed by atoms with Gasteiger partial charge in [0.15, 0.2) is 0 Å². The van der Waals surface area contributed by atoms with E-state index < -0.39 is 0 Å². The molecule has 1 aromatic heterocycles. The minimum atomic E-state index is 0.915. The van der Waals surface area contributed by atoms with Crippen molar-refractivity contribution in [3.63, 3.8) is 0 Å². The van der Waals surface area contributed by atoms with Crippen LogP contribution in [0.1, 0.15) is 5.69 Å². The summed E-state index contributed by atoms with van der Waals surface area (Å²) in [5, 5.41) is 0. The van der Waals surface area contributed by atoms with E-state index in [1.165, 1.54) is 0 Å². The van der Waals surface area contributed by atoms with Crippen LogP contribution in [0, 0.1) is 0 Å². The molecule has 58 valence electrons. The van der Waals surface area contributed by atoms with E-state index in [-0.39, 0.29) is 0 Å². The van der Waals surface area contributed by atoms with Crippen LogP contribution < -0.4 is 0 Å². The molecule has 2 heterocycles. The molecule has 0 aliphatic carbocycles. The molecule has 2 rings (SSSR count). The maximum Gasteiger partial charge on any atom is 0.0886 e. The van der Waals surface area contributed by atoms with Crippen LogP contribution in [0.5, 0.6) is 0 Å². The third kappa shape index (κ3) is 1.32. The molecule has 12 heavy (non-hydrogen) atoms. The molecule has 0 spiro atoms. The van der Waals surface area contributed by atoms with E-state index >= 15 is 0 Å². The number of nitrogens with zero attached hydrogens (tertiary/aromatic N) is 2. The first-order valence-corrected chi connectivity index (χ1v) is 3.79. The van der Waals surface area contributed by atoms with Crippen LogP contribution >= 0.6 is 0 Å². The number of hydrogen-bond acceptors (Lipinski definition) is 2. The highest BCUT2D eigenvalue weighted by molar-refractivity contribution is 5.78. The minimum absolute atomic E-state index is 0.915. The fraction of sp³-hybridized carbons (Fsp3) is 0. The van der Waals surface area contributed by atoms with Gasteiger partial charge in [0, 0.05) is 12.4 Å². The smallest absolute Gasteiger partial charge is 0.0886 e. The Morgan fingerprint density at radius 2 is 2.08 bits per heavy atom. The molecule has 2 nitrogen and oxygen atoms in total. The van der Waals surface area contributed by atoms with Gasteiger partial charge in [0.2, 0.25) is 0 Å². The molecule has 0 amide bonds. The van der Waals surface area contributed by atoms with Crippen molar-refractivity contribution < 1.29 is 0 Å². The zero-order chi connectivity index (χ0) is 8.23. The van der Waals surface area contributed by atoms with Crippen molar-refractivity contribution in [3.05, 3.63) is 42.3 Å². The summed E-state index contributed by atoms with van der Waals surface area (Å²) in [4.78, 5) is 8.41. The number of aromatic nitrogens is 1. The fourth-order valence-electron chi connectivity index (χ4n) is 1.03. The average molecular weight is 156 g/mol. The van der Waals surface area contributed by atoms with E-state index in [2.05, 4.69) is 9.98 Å². The molecule has 0 aromatic carbocycles. The zero-order valence-corrected chi connectivity index (χ0v) is 6.51. The summed E-state index contributed by atoms with van der Waals surface area (Å²) in [6.07, 6.45) is 11.3. The second kappa shape index (κ2) is 3.13. The van der Waals surface area contributed by atoms with Gasteiger partial charge >= 0.3 is 0 Å². The Hall–Kier alpha value is -1.70. The zero-order valence-electron chi connectivity index (χ0n) is 6.51. The lowest BCUT2D eigenvalue weighted by molar-refractivity contribution is 1.27. The van der Waals surface area contributed by atoms with Gasteiger partial charge in [-0.25, -0.2) is 0 Å². The van der Waals surface area contributed by atoms with Crippen LogP contribution in [-0.4, -0.2) is 11.2 Å². The first-order chi connectivity index (χ1) is 5.97. The quantitative estimate of drug-likeness (QED) is 0.566. The van der Waals surface area contributed by atoms with Crippen molar-refractivity contribution in [1.82, 2.24) is 4.98 Å².